The number of amides is 1. The highest BCUT2D eigenvalue weighted by Gasteiger charge is 2.24. The highest BCUT2D eigenvalue weighted by molar-refractivity contribution is 5.76. The van der Waals surface area contributed by atoms with Crippen LogP contribution in [0.3, 0.4) is 0 Å². The van der Waals surface area contributed by atoms with Crippen molar-refractivity contribution in [1.29, 1.82) is 0 Å². The predicted octanol–water partition coefficient (Wildman–Crippen LogP) is -0.473. The monoisotopic (exact) mass is 399 g/mol. The molecule has 0 radical (unpaired) electrons. The van der Waals surface area contributed by atoms with Gasteiger partial charge in [-0.15, -0.1) is 0 Å². The van der Waals surface area contributed by atoms with E-state index in [1.54, 1.807) is 11.0 Å². The van der Waals surface area contributed by atoms with Crippen LogP contribution in [0.25, 0.3) is 0 Å². The number of aromatic nitrogens is 4. The van der Waals surface area contributed by atoms with Crippen molar-refractivity contribution in [3.05, 3.63) is 40.4 Å². The van der Waals surface area contributed by atoms with E-state index in [1.165, 1.54) is 16.9 Å². The number of carbonyl (C=O) groups is 1. The van der Waals surface area contributed by atoms with Gasteiger partial charge in [0.05, 0.1) is 13.2 Å². The van der Waals surface area contributed by atoms with E-state index in [1.807, 2.05) is 13.0 Å². The molecule has 0 saturated carbocycles. The van der Waals surface area contributed by atoms with E-state index >= 15 is 0 Å². The van der Waals surface area contributed by atoms with Crippen molar-refractivity contribution in [3.63, 3.8) is 0 Å². The van der Waals surface area contributed by atoms with Gasteiger partial charge in [-0.25, -0.2) is 9.67 Å². The van der Waals surface area contributed by atoms with Crippen LogP contribution in [0.15, 0.2) is 29.2 Å². The molecule has 0 unspecified atom stereocenters. The van der Waals surface area contributed by atoms with Gasteiger partial charge in [0, 0.05) is 63.3 Å². The second-order valence-corrected chi connectivity index (χ2v) is 7.15. The second-order valence-electron chi connectivity index (χ2n) is 7.15. The molecule has 2 saturated heterocycles. The Balaban J connectivity index is 1.39. The number of anilines is 2. The number of carbonyl (C=O) groups excluding carboxylic acids is 1. The van der Waals surface area contributed by atoms with Crippen molar-refractivity contribution in [2.75, 3.05) is 62.3 Å². The molecule has 10 nitrogen and oxygen atoms in total. The van der Waals surface area contributed by atoms with Gasteiger partial charge in [0.1, 0.15) is 12.4 Å². The Morgan fingerprint density at radius 1 is 1.07 bits per heavy atom. The molecular weight excluding hydrogens is 374 g/mol. The van der Waals surface area contributed by atoms with E-state index in [4.69, 9.17) is 9.72 Å². The summed E-state index contributed by atoms with van der Waals surface area (Å²) in [6.07, 6.45) is 1.51. The van der Waals surface area contributed by atoms with Crippen molar-refractivity contribution in [3.8, 4) is 0 Å². The molecule has 2 aromatic rings. The average molecular weight is 399 g/mol. The van der Waals surface area contributed by atoms with E-state index < -0.39 is 0 Å². The Hall–Kier alpha value is -3.01. The number of nitrogens with zero attached hydrogens (tertiary/aromatic N) is 7. The van der Waals surface area contributed by atoms with E-state index in [9.17, 15) is 9.59 Å². The average Bonchev–Trinajstić information content (AvgIpc) is 2.75. The molecule has 0 aromatic carbocycles. The summed E-state index contributed by atoms with van der Waals surface area (Å²) in [5.74, 6) is 1.52. The molecule has 154 valence electrons. The smallest absolute Gasteiger partial charge is 0.267 e. The third-order valence-electron chi connectivity index (χ3n) is 5.15. The number of rotatable bonds is 4. The van der Waals surface area contributed by atoms with Gasteiger partial charge in [0.15, 0.2) is 0 Å². The van der Waals surface area contributed by atoms with Gasteiger partial charge in [-0.1, -0.05) is 0 Å². The minimum atomic E-state index is -0.272. The highest BCUT2D eigenvalue weighted by atomic mass is 16.5. The molecule has 1 amide bonds. The van der Waals surface area contributed by atoms with Crippen LogP contribution in [-0.4, -0.2) is 83.0 Å². The summed E-state index contributed by atoms with van der Waals surface area (Å²) in [5.41, 5.74) is 0.649. The van der Waals surface area contributed by atoms with Crippen molar-refractivity contribution in [2.45, 2.75) is 13.5 Å². The first-order valence-corrected chi connectivity index (χ1v) is 9.83. The molecule has 0 N–H and O–H groups in total. The standard InChI is InChI=1S/C19H25N7O3/c1-15-13-16(22-19(21-15)25-9-11-29-12-10-25)23-5-7-24(8-6-23)18(28)14-26-17(27)3-2-4-20-26/h2-4,13H,5-12,14H2,1H3. The first kappa shape index (κ1) is 19.3. The van der Waals surface area contributed by atoms with Gasteiger partial charge in [-0.05, 0) is 13.0 Å². The number of piperazine rings is 1. The Morgan fingerprint density at radius 2 is 1.83 bits per heavy atom. The third kappa shape index (κ3) is 4.53. The lowest BCUT2D eigenvalue weighted by Crippen LogP contribution is -2.50. The lowest BCUT2D eigenvalue weighted by molar-refractivity contribution is -0.132. The van der Waals surface area contributed by atoms with Crippen LogP contribution in [0.1, 0.15) is 5.69 Å². The van der Waals surface area contributed by atoms with Crippen LogP contribution < -0.4 is 15.4 Å². The summed E-state index contributed by atoms with van der Waals surface area (Å²) in [6.45, 7) is 7.42. The number of ether oxygens (including phenoxy) is 1. The SMILES string of the molecule is Cc1cc(N2CCN(C(=O)Cn3ncccc3=O)CC2)nc(N2CCOCC2)n1. The fraction of sp³-hybridized carbons (Fsp3) is 0.526. The second kappa shape index (κ2) is 8.56. The Bertz CT molecular complexity index is 918. The molecule has 4 rings (SSSR count). The lowest BCUT2D eigenvalue weighted by Gasteiger charge is -2.36. The molecule has 2 aromatic heterocycles. The van der Waals surface area contributed by atoms with Crippen LogP contribution in [0.4, 0.5) is 11.8 Å². The molecule has 0 bridgehead atoms. The molecule has 2 aliphatic heterocycles. The minimum absolute atomic E-state index is 0.0343. The Labute approximate surface area is 168 Å². The number of aryl methyl sites for hydroxylation is 1. The lowest BCUT2D eigenvalue weighted by atomic mass is 10.3. The zero-order valence-electron chi connectivity index (χ0n) is 16.5. The van der Waals surface area contributed by atoms with Crippen molar-refractivity contribution in [2.24, 2.45) is 0 Å². The maximum Gasteiger partial charge on any atom is 0.267 e. The van der Waals surface area contributed by atoms with E-state index in [0.717, 1.165) is 30.5 Å². The van der Waals surface area contributed by atoms with Gasteiger partial charge in [0.2, 0.25) is 11.9 Å². The van der Waals surface area contributed by atoms with E-state index in [2.05, 4.69) is 19.9 Å². The quantitative estimate of drug-likeness (QED) is 0.681. The fourth-order valence-corrected chi connectivity index (χ4v) is 3.52. The van der Waals surface area contributed by atoms with Gasteiger partial charge in [-0.2, -0.15) is 10.1 Å². The summed E-state index contributed by atoms with van der Waals surface area (Å²) >= 11 is 0. The van der Waals surface area contributed by atoms with E-state index in [-0.39, 0.29) is 18.0 Å². The van der Waals surface area contributed by atoms with Gasteiger partial charge >= 0.3 is 0 Å². The normalized spacial score (nSPS) is 17.5. The van der Waals surface area contributed by atoms with E-state index in [0.29, 0.717) is 39.4 Å². The highest BCUT2D eigenvalue weighted by Crippen LogP contribution is 2.20. The van der Waals surface area contributed by atoms with Crippen LogP contribution in [0, 0.1) is 6.92 Å². The van der Waals surface area contributed by atoms with Crippen molar-refractivity contribution in [1.82, 2.24) is 24.6 Å². The summed E-state index contributed by atoms with van der Waals surface area (Å²) in [7, 11) is 0. The van der Waals surface area contributed by atoms with Gasteiger partial charge in [-0.3, -0.25) is 9.59 Å². The summed E-state index contributed by atoms with van der Waals surface area (Å²) < 4.78 is 6.60. The first-order valence-electron chi connectivity index (χ1n) is 9.83. The molecule has 0 spiro atoms. The molecule has 2 aliphatic rings. The van der Waals surface area contributed by atoms with Gasteiger partial charge < -0.3 is 19.4 Å². The van der Waals surface area contributed by atoms with Crippen molar-refractivity contribution >= 4 is 17.7 Å². The fourth-order valence-electron chi connectivity index (χ4n) is 3.52. The Morgan fingerprint density at radius 3 is 2.55 bits per heavy atom. The third-order valence-corrected chi connectivity index (χ3v) is 5.15. The topological polar surface area (TPSA) is 96.7 Å². The number of hydrogen-bond donors (Lipinski definition) is 0. The number of morpholine rings is 1. The van der Waals surface area contributed by atoms with Crippen molar-refractivity contribution < 1.29 is 9.53 Å². The zero-order valence-corrected chi connectivity index (χ0v) is 16.5. The molecule has 29 heavy (non-hydrogen) atoms. The van der Waals surface area contributed by atoms with Gasteiger partial charge in [0.25, 0.3) is 5.56 Å². The zero-order chi connectivity index (χ0) is 20.2. The minimum Gasteiger partial charge on any atom is -0.378 e. The maximum atomic E-state index is 12.5. The molecule has 4 heterocycles. The first-order chi connectivity index (χ1) is 14.1. The Kier molecular flexibility index (Phi) is 5.70. The molecule has 0 aliphatic carbocycles. The predicted molar refractivity (Wildman–Crippen MR) is 107 cm³/mol. The molecule has 2 fully saturated rings. The number of hydrogen-bond acceptors (Lipinski definition) is 8. The van der Waals surface area contributed by atoms with Crippen LogP contribution in [-0.2, 0) is 16.1 Å². The molecule has 0 atom stereocenters. The molecular formula is C19H25N7O3. The summed E-state index contributed by atoms with van der Waals surface area (Å²) in [5, 5.41) is 3.96. The maximum absolute atomic E-state index is 12.5. The van der Waals surface area contributed by atoms with Crippen LogP contribution in [0.2, 0.25) is 0 Å². The van der Waals surface area contributed by atoms with Crippen LogP contribution >= 0.6 is 0 Å². The summed E-state index contributed by atoms with van der Waals surface area (Å²) in [6, 6.07) is 4.95. The largest absolute Gasteiger partial charge is 0.378 e. The van der Waals surface area contributed by atoms with Crippen LogP contribution in [0.5, 0.6) is 0 Å². The molecule has 10 heteroatoms. The summed E-state index contributed by atoms with van der Waals surface area (Å²) in [4.78, 5) is 39.7.